The molecule has 74 valence electrons. The van der Waals surface area contributed by atoms with Crippen molar-refractivity contribution in [1.29, 1.82) is 0 Å². The van der Waals surface area contributed by atoms with Crippen molar-refractivity contribution in [3.63, 3.8) is 0 Å². The fourth-order valence-corrected chi connectivity index (χ4v) is 1.73. The second kappa shape index (κ2) is 4.63. The first-order valence-corrected chi connectivity index (χ1v) is 5.24. The first-order chi connectivity index (χ1) is 7.24. The van der Waals surface area contributed by atoms with Gasteiger partial charge in [0.15, 0.2) is 0 Å². The van der Waals surface area contributed by atoms with Gasteiger partial charge in [-0.15, -0.1) is 0 Å². The van der Waals surface area contributed by atoms with E-state index >= 15 is 0 Å². The Morgan fingerprint density at radius 1 is 1.36 bits per heavy atom. The summed E-state index contributed by atoms with van der Waals surface area (Å²) >= 11 is 5.83. The number of benzene rings is 1. The van der Waals surface area contributed by atoms with Gasteiger partial charge in [-0.2, -0.15) is 0 Å². The molecule has 0 spiro atoms. The summed E-state index contributed by atoms with van der Waals surface area (Å²) in [4.78, 5) is 2.33. The van der Waals surface area contributed by atoms with Crippen molar-refractivity contribution in [2.75, 3.05) is 13.1 Å². The number of nitrogens with zero attached hydrogens (tertiary/aromatic N) is 1. The van der Waals surface area contributed by atoms with Crippen LogP contribution in [-0.4, -0.2) is 18.0 Å². The van der Waals surface area contributed by atoms with Gasteiger partial charge >= 0.3 is 0 Å². The van der Waals surface area contributed by atoms with E-state index in [2.05, 4.69) is 17.0 Å². The van der Waals surface area contributed by atoms with Crippen molar-refractivity contribution in [2.24, 2.45) is 0 Å². The monoisotopic (exact) mass is 208 g/mol. The SMILES string of the molecule is [2H]C1=CCN(Cc2ccc(Cl)cc2)CC1. The predicted octanol–water partition coefficient (Wildman–Crippen LogP) is 3.10. The Balaban J connectivity index is 1.95. The van der Waals surface area contributed by atoms with Crippen LogP contribution < -0.4 is 0 Å². The molecule has 1 nitrogen and oxygen atoms in total. The molecule has 2 rings (SSSR count). The molecule has 14 heavy (non-hydrogen) atoms. The van der Waals surface area contributed by atoms with E-state index in [0.717, 1.165) is 37.1 Å². The topological polar surface area (TPSA) is 3.24 Å². The molecule has 0 unspecified atom stereocenters. The summed E-state index contributed by atoms with van der Waals surface area (Å²) in [5.74, 6) is 0. The Morgan fingerprint density at radius 2 is 2.14 bits per heavy atom. The summed E-state index contributed by atoms with van der Waals surface area (Å²) in [5, 5.41) is 0.783. The maximum atomic E-state index is 7.49. The second-order valence-corrected chi connectivity index (χ2v) is 3.96. The van der Waals surface area contributed by atoms with Gasteiger partial charge in [-0.3, -0.25) is 4.90 Å². The van der Waals surface area contributed by atoms with Crippen molar-refractivity contribution in [2.45, 2.75) is 13.0 Å². The third-order valence-corrected chi connectivity index (χ3v) is 2.64. The van der Waals surface area contributed by atoms with Crippen LogP contribution in [0.25, 0.3) is 0 Å². The first kappa shape index (κ1) is 8.51. The van der Waals surface area contributed by atoms with Crippen molar-refractivity contribution < 1.29 is 1.37 Å². The Morgan fingerprint density at radius 3 is 2.79 bits per heavy atom. The van der Waals surface area contributed by atoms with Gasteiger partial charge in [-0.05, 0) is 24.1 Å². The molecule has 0 N–H and O–H groups in total. The average Bonchev–Trinajstić information content (AvgIpc) is 2.25. The molecule has 1 aromatic rings. The highest BCUT2D eigenvalue weighted by Gasteiger charge is 2.05. The highest BCUT2D eigenvalue weighted by molar-refractivity contribution is 6.30. The molecular formula is C12H14ClN. The van der Waals surface area contributed by atoms with Gasteiger partial charge in [0.1, 0.15) is 0 Å². The molecule has 0 aromatic heterocycles. The van der Waals surface area contributed by atoms with Crippen molar-refractivity contribution >= 4 is 11.6 Å². The molecule has 2 heteroatoms. The van der Waals surface area contributed by atoms with Crippen molar-refractivity contribution in [1.82, 2.24) is 4.90 Å². The quantitative estimate of drug-likeness (QED) is 0.676. The molecule has 1 aliphatic heterocycles. The van der Waals surface area contributed by atoms with E-state index < -0.39 is 0 Å². The molecule has 1 aliphatic rings. The van der Waals surface area contributed by atoms with Gasteiger partial charge in [0.05, 0.1) is 1.37 Å². The normalized spacial score (nSPS) is 18.9. The lowest BCUT2D eigenvalue weighted by atomic mass is 10.2. The highest BCUT2D eigenvalue weighted by atomic mass is 35.5. The van der Waals surface area contributed by atoms with Crippen molar-refractivity contribution in [3.05, 3.63) is 47.0 Å². The maximum Gasteiger partial charge on any atom is 0.0573 e. The van der Waals surface area contributed by atoms with Gasteiger partial charge in [0.25, 0.3) is 0 Å². The Kier molecular flexibility index (Phi) is 2.81. The largest absolute Gasteiger partial charge is 0.295 e. The van der Waals surface area contributed by atoms with Crippen LogP contribution >= 0.6 is 11.6 Å². The summed E-state index contributed by atoms with van der Waals surface area (Å²) in [7, 11) is 0. The minimum atomic E-state index is 0.766. The third kappa shape index (κ3) is 2.60. The van der Waals surface area contributed by atoms with Crippen LogP contribution in [0.5, 0.6) is 0 Å². The summed E-state index contributed by atoms with van der Waals surface area (Å²) < 4.78 is 7.49. The Labute approximate surface area is 91.4 Å². The second-order valence-electron chi connectivity index (χ2n) is 3.52. The van der Waals surface area contributed by atoms with Gasteiger partial charge in [0, 0.05) is 24.7 Å². The van der Waals surface area contributed by atoms with Crippen LogP contribution in [0.1, 0.15) is 13.4 Å². The van der Waals surface area contributed by atoms with Gasteiger partial charge < -0.3 is 0 Å². The zero-order valence-corrected chi connectivity index (χ0v) is 8.80. The standard InChI is InChI=1S/C12H14ClN/c13-12-6-4-11(5-7-12)10-14-8-2-1-3-9-14/h1-2,4-7H,3,8-10H2/i1D. The lowest BCUT2D eigenvalue weighted by molar-refractivity contribution is 0.291. The molecule has 0 amide bonds. The zero-order valence-electron chi connectivity index (χ0n) is 9.04. The van der Waals surface area contributed by atoms with Crippen LogP contribution in [0, 0.1) is 0 Å². The summed E-state index contributed by atoms with van der Waals surface area (Å²) in [6, 6.07) is 8.73. The molecule has 0 aliphatic carbocycles. The summed E-state index contributed by atoms with van der Waals surface area (Å²) in [6.07, 6.45) is 2.85. The molecular weight excluding hydrogens is 194 g/mol. The minimum Gasteiger partial charge on any atom is -0.295 e. The van der Waals surface area contributed by atoms with E-state index in [1.807, 2.05) is 18.2 Å². The van der Waals surface area contributed by atoms with E-state index in [1.54, 1.807) is 0 Å². The molecule has 0 bridgehead atoms. The molecule has 1 aromatic carbocycles. The predicted molar refractivity (Wildman–Crippen MR) is 60.5 cm³/mol. The van der Waals surface area contributed by atoms with E-state index in [0.29, 0.717) is 0 Å². The number of rotatable bonds is 2. The Bertz CT molecular complexity index is 358. The molecule has 0 atom stereocenters. The molecule has 0 fully saturated rings. The molecule has 0 saturated heterocycles. The average molecular weight is 209 g/mol. The van der Waals surface area contributed by atoms with Crippen LogP contribution in [0.2, 0.25) is 5.02 Å². The molecule has 0 radical (unpaired) electrons. The van der Waals surface area contributed by atoms with Crippen LogP contribution in [-0.2, 0) is 6.54 Å². The van der Waals surface area contributed by atoms with Crippen LogP contribution in [0.4, 0.5) is 0 Å². The van der Waals surface area contributed by atoms with Gasteiger partial charge in [0.2, 0.25) is 0 Å². The van der Waals surface area contributed by atoms with Crippen LogP contribution in [0.15, 0.2) is 36.4 Å². The Hall–Kier alpha value is -0.790. The lowest BCUT2D eigenvalue weighted by Gasteiger charge is -2.22. The summed E-state index contributed by atoms with van der Waals surface area (Å²) in [5.41, 5.74) is 1.28. The molecule has 1 heterocycles. The lowest BCUT2D eigenvalue weighted by Crippen LogP contribution is -2.26. The van der Waals surface area contributed by atoms with Crippen molar-refractivity contribution in [3.8, 4) is 0 Å². The van der Waals surface area contributed by atoms with E-state index in [9.17, 15) is 0 Å². The number of halogens is 1. The third-order valence-electron chi connectivity index (χ3n) is 2.39. The maximum absolute atomic E-state index is 7.49. The van der Waals surface area contributed by atoms with Gasteiger partial charge in [-0.25, -0.2) is 0 Å². The smallest absolute Gasteiger partial charge is 0.0573 e. The first-order valence-electron chi connectivity index (χ1n) is 5.36. The fourth-order valence-electron chi connectivity index (χ4n) is 1.60. The van der Waals surface area contributed by atoms with E-state index in [4.69, 9.17) is 13.0 Å². The van der Waals surface area contributed by atoms with Gasteiger partial charge in [-0.1, -0.05) is 35.9 Å². The summed E-state index contributed by atoms with van der Waals surface area (Å²) in [6.45, 7) is 2.82. The van der Waals surface area contributed by atoms with E-state index in [1.165, 1.54) is 5.56 Å². The fraction of sp³-hybridized carbons (Fsp3) is 0.333. The molecule has 0 saturated carbocycles. The highest BCUT2D eigenvalue weighted by Crippen LogP contribution is 2.12. The zero-order chi connectivity index (χ0) is 10.7. The van der Waals surface area contributed by atoms with Crippen LogP contribution in [0.3, 0.4) is 0 Å². The minimum absolute atomic E-state index is 0.766. The number of hydrogen-bond acceptors (Lipinski definition) is 1. The number of hydrogen-bond donors (Lipinski definition) is 0. The van der Waals surface area contributed by atoms with E-state index in [-0.39, 0.29) is 0 Å².